The molecule has 300 valence electrons. The highest BCUT2D eigenvalue weighted by molar-refractivity contribution is 7.25. The summed E-state index contributed by atoms with van der Waals surface area (Å²) in [7, 11) is 0. The van der Waals surface area contributed by atoms with Crippen molar-refractivity contribution in [2.75, 3.05) is 4.90 Å². The van der Waals surface area contributed by atoms with Crippen molar-refractivity contribution < 1.29 is 0 Å². The molecule has 0 saturated carbocycles. The lowest BCUT2D eigenvalue weighted by Gasteiger charge is -2.35. The van der Waals surface area contributed by atoms with Gasteiger partial charge in [-0.3, -0.25) is 0 Å². The molecular weight excluding hydrogens is 793 g/mol. The minimum atomic E-state index is -0.617. The highest BCUT2D eigenvalue weighted by atomic mass is 32.1. The van der Waals surface area contributed by atoms with Crippen LogP contribution >= 0.6 is 11.3 Å². The summed E-state index contributed by atoms with van der Waals surface area (Å²) in [4.78, 5) is 2.45. The molecule has 0 radical (unpaired) electrons. The molecule has 0 saturated heterocycles. The van der Waals surface area contributed by atoms with E-state index in [0.29, 0.717) is 0 Å². The summed E-state index contributed by atoms with van der Waals surface area (Å²) in [6.45, 7) is 0. The Labute approximate surface area is 376 Å². The Hall–Kier alpha value is -7.98. The van der Waals surface area contributed by atoms with Crippen molar-refractivity contribution in [1.29, 1.82) is 0 Å². The lowest BCUT2D eigenvalue weighted by Crippen LogP contribution is -2.29. The van der Waals surface area contributed by atoms with Gasteiger partial charge in [-0.05, 0) is 117 Å². The summed E-state index contributed by atoms with van der Waals surface area (Å²) in [6, 6.07) is 89.8. The first kappa shape index (κ1) is 36.7. The fourth-order valence-corrected chi connectivity index (χ4v) is 11.8. The predicted octanol–water partition coefficient (Wildman–Crippen LogP) is 16.7. The van der Waals surface area contributed by atoms with Crippen molar-refractivity contribution in [3.8, 4) is 27.9 Å². The van der Waals surface area contributed by atoms with E-state index in [4.69, 9.17) is 0 Å². The molecule has 0 fully saturated rings. The van der Waals surface area contributed by atoms with Crippen LogP contribution in [0.15, 0.2) is 243 Å². The van der Waals surface area contributed by atoms with E-state index < -0.39 is 5.41 Å². The third kappa shape index (κ3) is 5.51. The topological polar surface area (TPSA) is 8.17 Å². The Morgan fingerprint density at radius 2 is 0.828 bits per heavy atom. The number of anilines is 3. The summed E-state index contributed by atoms with van der Waals surface area (Å²) in [5, 5.41) is 5.08. The Morgan fingerprint density at radius 3 is 1.50 bits per heavy atom. The second-order valence-corrected chi connectivity index (χ2v) is 17.9. The number of benzene rings is 10. The zero-order chi connectivity index (χ0) is 42.2. The zero-order valence-corrected chi connectivity index (χ0v) is 35.7. The van der Waals surface area contributed by atoms with E-state index in [9.17, 15) is 0 Å². The van der Waals surface area contributed by atoms with Gasteiger partial charge in [-0.2, -0.15) is 0 Å². The molecule has 0 N–H and O–H groups in total. The highest BCUT2D eigenvalue weighted by Gasteiger charge is 2.46. The maximum atomic E-state index is 2.48. The normalized spacial score (nSPS) is 12.8. The van der Waals surface area contributed by atoms with E-state index in [1.165, 1.54) is 86.5 Å². The molecule has 10 aromatic carbocycles. The van der Waals surface area contributed by atoms with Crippen LogP contribution in [-0.4, -0.2) is 4.57 Å². The Balaban J connectivity index is 1.07. The molecule has 2 nitrogen and oxygen atoms in total. The quantitative estimate of drug-likeness (QED) is 0.155. The van der Waals surface area contributed by atoms with Crippen molar-refractivity contribution in [2.24, 2.45) is 0 Å². The second-order valence-electron chi connectivity index (χ2n) is 16.8. The highest BCUT2D eigenvalue weighted by Crippen LogP contribution is 2.58. The molecule has 0 bridgehead atoms. The summed E-state index contributed by atoms with van der Waals surface area (Å²) < 4.78 is 5.05. The molecule has 12 aromatic rings. The number of fused-ring (bicyclic) bond motifs is 9. The molecule has 64 heavy (non-hydrogen) atoms. The van der Waals surface area contributed by atoms with Crippen molar-refractivity contribution in [2.45, 2.75) is 5.41 Å². The fourth-order valence-electron chi connectivity index (χ4n) is 10.7. The first-order valence-corrected chi connectivity index (χ1v) is 22.8. The van der Waals surface area contributed by atoms with Gasteiger partial charge in [-0.25, -0.2) is 0 Å². The Kier molecular flexibility index (Phi) is 8.34. The van der Waals surface area contributed by atoms with Gasteiger partial charge >= 0.3 is 0 Å². The number of para-hydroxylation sites is 2. The summed E-state index contributed by atoms with van der Waals surface area (Å²) in [5.74, 6) is 0. The molecule has 0 aliphatic heterocycles. The molecule has 0 unspecified atom stereocenters. The van der Waals surface area contributed by atoms with E-state index in [-0.39, 0.29) is 0 Å². The van der Waals surface area contributed by atoms with E-state index in [2.05, 4.69) is 252 Å². The van der Waals surface area contributed by atoms with Gasteiger partial charge in [0.15, 0.2) is 0 Å². The summed E-state index contributed by atoms with van der Waals surface area (Å²) in [6.07, 6.45) is 0. The lowest BCUT2D eigenvalue weighted by molar-refractivity contribution is 0.767. The van der Waals surface area contributed by atoms with Crippen LogP contribution in [0.5, 0.6) is 0 Å². The number of aromatic nitrogens is 1. The average Bonchev–Trinajstić information content (AvgIpc) is 4.01. The minimum Gasteiger partial charge on any atom is -0.310 e. The van der Waals surface area contributed by atoms with E-state index in [1.54, 1.807) is 0 Å². The van der Waals surface area contributed by atoms with Crippen molar-refractivity contribution in [3.05, 3.63) is 265 Å². The van der Waals surface area contributed by atoms with Crippen LogP contribution in [-0.2, 0) is 5.41 Å². The maximum absolute atomic E-state index is 2.48. The average molecular weight is 833 g/mol. The zero-order valence-electron chi connectivity index (χ0n) is 34.9. The maximum Gasteiger partial charge on any atom is 0.0715 e. The van der Waals surface area contributed by atoms with Gasteiger partial charge in [-0.15, -0.1) is 11.3 Å². The fraction of sp³-hybridized carbons (Fsp3) is 0.0164. The van der Waals surface area contributed by atoms with Crippen LogP contribution in [0.1, 0.15) is 22.3 Å². The van der Waals surface area contributed by atoms with Gasteiger partial charge in [0, 0.05) is 53.7 Å². The van der Waals surface area contributed by atoms with Gasteiger partial charge in [0.25, 0.3) is 0 Å². The molecule has 13 rings (SSSR count). The van der Waals surface area contributed by atoms with Crippen LogP contribution in [0, 0.1) is 0 Å². The van der Waals surface area contributed by atoms with Crippen LogP contribution in [0.3, 0.4) is 0 Å². The standard InChI is InChI=1S/C61H40N2S/c1-4-16-41(17-5-1)42-28-30-45(31-29-42)62(46-34-37-60-54(38-46)53-24-12-15-27-59(53)64-60)47-32-35-49-50-36-33-48(63-57-25-13-10-22-51(57)52-23-11-14-26-58(52)63)40-56(50)61(55(49)39-47,43-18-6-2-7-19-43)44-20-8-3-9-21-44/h1-40H. The smallest absolute Gasteiger partial charge is 0.0715 e. The molecule has 1 aliphatic carbocycles. The first-order valence-electron chi connectivity index (χ1n) is 22.0. The van der Waals surface area contributed by atoms with E-state index >= 15 is 0 Å². The molecule has 2 heterocycles. The number of hydrogen-bond acceptors (Lipinski definition) is 2. The van der Waals surface area contributed by atoms with Crippen LogP contribution in [0.4, 0.5) is 17.1 Å². The van der Waals surface area contributed by atoms with Crippen LogP contribution < -0.4 is 4.90 Å². The SMILES string of the molecule is c1ccc(-c2ccc(N(c3ccc4c(c3)C(c3ccccc3)(c3ccccc3)c3cc(-n5c6ccccc6c6ccccc65)ccc3-4)c3ccc4sc5ccccc5c4c3)cc2)cc1. The number of hydrogen-bond donors (Lipinski definition) is 0. The lowest BCUT2D eigenvalue weighted by atomic mass is 9.67. The molecule has 3 heteroatoms. The van der Waals surface area contributed by atoms with Gasteiger partial charge in [-0.1, -0.05) is 170 Å². The van der Waals surface area contributed by atoms with Gasteiger partial charge < -0.3 is 9.47 Å². The van der Waals surface area contributed by atoms with Gasteiger partial charge in [0.2, 0.25) is 0 Å². The number of thiophene rings is 1. The van der Waals surface area contributed by atoms with E-state index in [0.717, 1.165) is 22.7 Å². The third-order valence-electron chi connectivity index (χ3n) is 13.5. The minimum absolute atomic E-state index is 0.617. The molecule has 1 aliphatic rings. The largest absolute Gasteiger partial charge is 0.310 e. The summed E-state index contributed by atoms with van der Waals surface area (Å²) >= 11 is 1.86. The molecule has 0 spiro atoms. The van der Waals surface area contributed by atoms with Crippen molar-refractivity contribution >= 4 is 70.4 Å². The molecular formula is C61H40N2S. The van der Waals surface area contributed by atoms with Crippen LogP contribution in [0.25, 0.3) is 69.9 Å². The predicted molar refractivity (Wildman–Crippen MR) is 271 cm³/mol. The molecule has 0 atom stereocenters. The third-order valence-corrected chi connectivity index (χ3v) is 14.6. The first-order chi connectivity index (χ1) is 31.7. The van der Waals surface area contributed by atoms with Gasteiger partial charge in [0.05, 0.1) is 16.4 Å². The van der Waals surface area contributed by atoms with Gasteiger partial charge in [0.1, 0.15) is 0 Å². The number of rotatable bonds is 7. The molecule has 2 aromatic heterocycles. The van der Waals surface area contributed by atoms with Crippen molar-refractivity contribution in [3.63, 3.8) is 0 Å². The Bertz CT molecular complexity index is 3620. The monoisotopic (exact) mass is 832 g/mol. The molecule has 0 amide bonds. The van der Waals surface area contributed by atoms with Crippen molar-refractivity contribution in [1.82, 2.24) is 4.57 Å². The Morgan fingerprint density at radius 1 is 0.344 bits per heavy atom. The van der Waals surface area contributed by atoms with E-state index in [1.807, 2.05) is 11.3 Å². The number of nitrogens with zero attached hydrogens (tertiary/aromatic N) is 2. The van der Waals surface area contributed by atoms with Crippen LogP contribution in [0.2, 0.25) is 0 Å². The summed E-state index contributed by atoms with van der Waals surface area (Å²) in [5.41, 5.74) is 16.2. The second kappa shape index (κ2) is 14.6.